The van der Waals surface area contributed by atoms with E-state index in [1.807, 2.05) is 0 Å². The predicted octanol–water partition coefficient (Wildman–Crippen LogP) is 2.87. The molecule has 1 amide bonds. The molecule has 2 aliphatic rings. The number of nitrogens with zero attached hydrogens (tertiary/aromatic N) is 3. The van der Waals surface area contributed by atoms with E-state index >= 15 is 0 Å². The molecule has 0 radical (unpaired) electrons. The molecule has 2 atom stereocenters. The maximum atomic E-state index is 13.3. The summed E-state index contributed by atoms with van der Waals surface area (Å²) in [4.78, 5) is 17.8. The lowest BCUT2D eigenvalue weighted by Gasteiger charge is -2.42. The van der Waals surface area contributed by atoms with Crippen LogP contribution in [0.5, 0.6) is 0 Å². The second-order valence-electron chi connectivity index (χ2n) is 9.05. The van der Waals surface area contributed by atoms with Crippen molar-refractivity contribution in [2.75, 3.05) is 32.7 Å². The van der Waals surface area contributed by atoms with Crippen molar-refractivity contribution in [3.8, 4) is 6.07 Å². The predicted molar refractivity (Wildman–Crippen MR) is 106 cm³/mol. The number of nitriles is 1. The lowest BCUT2D eigenvalue weighted by atomic mass is 9.92. The highest BCUT2D eigenvalue weighted by Crippen LogP contribution is 2.24. The van der Waals surface area contributed by atoms with Crippen LogP contribution in [0.2, 0.25) is 0 Å². The van der Waals surface area contributed by atoms with Gasteiger partial charge < -0.3 is 10.2 Å². The third kappa shape index (κ3) is 6.25. The van der Waals surface area contributed by atoms with Gasteiger partial charge in [0, 0.05) is 45.2 Å². The van der Waals surface area contributed by atoms with Crippen molar-refractivity contribution in [2.24, 2.45) is 17.8 Å². The second kappa shape index (κ2) is 10.3. The van der Waals surface area contributed by atoms with Gasteiger partial charge in [-0.05, 0) is 43.4 Å². The van der Waals surface area contributed by atoms with Crippen LogP contribution >= 0.6 is 0 Å². The number of amides is 1. The number of rotatable bonds is 7. The van der Waals surface area contributed by atoms with Gasteiger partial charge in [-0.15, -0.1) is 0 Å². The molecule has 148 valence electrons. The Labute approximate surface area is 160 Å². The van der Waals surface area contributed by atoms with E-state index in [2.05, 4.69) is 48.9 Å². The van der Waals surface area contributed by atoms with Crippen LogP contribution in [-0.4, -0.2) is 60.5 Å². The first kappa shape index (κ1) is 21.2. The zero-order chi connectivity index (χ0) is 19.1. The molecule has 0 aromatic heterocycles. The number of carbonyl (C=O) groups is 1. The summed E-state index contributed by atoms with van der Waals surface area (Å²) in [6.07, 6.45) is 4.69. The maximum Gasteiger partial charge on any atom is 0.239 e. The molecule has 0 aliphatic carbocycles. The molecule has 0 bridgehead atoms. The van der Waals surface area contributed by atoms with E-state index in [1.54, 1.807) is 0 Å². The molecule has 0 spiro atoms. The molecular formula is C21H38N4O. The van der Waals surface area contributed by atoms with Crippen molar-refractivity contribution >= 4 is 5.91 Å². The van der Waals surface area contributed by atoms with Gasteiger partial charge in [0.25, 0.3) is 0 Å². The summed E-state index contributed by atoms with van der Waals surface area (Å²) in [5.41, 5.74) is 0. The fourth-order valence-electron chi connectivity index (χ4n) is 4.41. The van der Waals surface area contributed by atoms with Gasteiger partial charge in [0.05, 0.1) is 12.1 Å². The summed E-state index contributed by atoms with van der Waals surface area (Å²) in [5, 5.41) is 12.5. The highest BCUT2D eigenvalue weighted by atomic mass is 16.2. The number of piperidine rings is 1. The Balaban J connectivity index is 1.99. The number of hydrogen-bond acceptors (Lipinski definition) is 4. The van der Waals surface area contributed by atoms with Crippen molar-refractivity contribution in [3.05, 3.63) is 0 Å². The number of piperazine rings is 1. The van der Waals surface area contributed by atoms with E-state index in [-0.39, 0.29) is 6.04 Å². The Morgan fingerprint density at radius 3 is 2.42 bits per heavy atom. The van der Waals surface area contributed by atoms with E-state index in [0.717, 1.165) is 52.0 Å². The lowest BCUT2D eigenvalue weighted by molar-refractivity contribution is -0.139. The standard InChI is InChI=1S/C21H38N4O/c1-16(2)13-19-15-25(12-9-23-19)20(14-17(3)4)21(26)24-10-6-18(5-8-22)7-11-24/h16-20,23H,5-7,9-15H2,1-4H3/t19-,20-/m0/s1. The summed E-state index contributed by atoms with van der Waals surface area (Å²) < 4.78 is 0. The zero-order valence-corrected chi connectivity index (χ0v) is 17.2. The van der Waals surface area contributed by atoms with Gasteiger partial charge in [-0.2, -0.15) is 5.26 Å². The van der Waals surface area contributed by atoms with E-state index in [1.165, 1.54) is 6.42 Å². The summed E-state index contributed by atoms with van der Waals surface area (Å²) in [6.45, 7) is 13.5. The quantitative estimate of drug-likeness (QED) is 0.756. The summed E-state index contributed by atoms with van der Waals surface area (Å²) >= 11 is 0. The van der Waals surface area contributed by atoms with Crippen LogP contribution in [0.25, 0.3) is 0 Å². The third-order valence-electron chi connectivity index (χ3n) is 5.77. The molecule has 1 N–H and O–H groups in total. The normalized spacial score (nSPS) is 24.0. The Kier molecular flexibility index (Phi) is 8.37. The smallest absolute Gasteiger partial charge is 0.239 e. The molecule has 0 aromatic rings. The molecule has 2 saturated heterocycles. The highest BCUT2D eigenvalue weighted by molar-refractivity contribution is 5.82. The Morgan fingerprint density at radius 1 is 1.15 bits per heavy atom. The lowest BCUT2D eigenvalue weighted by Crippen LogP contribution is -2.59. The third-order valence-corrected chi connectivity index (χ3v) is 5.77. The molecule has 2 fully saturated rings. The van der Waals surface area contributed by atoms with Gasteiger partial charge in [-0.3, -0.25) is 9.69 Å². The summed E-state index contributed by atoms with van der Waals surface area (Å²) in [5.74, 6) is 1.98. The van der Waals surface area contributed by atoms with Gasteiger partial charge in [0.1, 0.15) is 0 Å². The molecule has 0 aromatic carbocycles. The van der Waals surface area contributed by atoms with Crippen LogP contribution in [0, 0.1) is 29.1 Å². The Morgan fingerprint density at radius 2 is 1.85 bits per heavy atom. The van der Waals surface area contributed by atoms with Crippen LogP contribution in [-0.2, 0) is 4.79 Å². The summed E-state index contributed by atoms with van der Waals surface area (Å²) in [6, 6.07) is 2.79. The van der Waals surface area contributed by atoms with Crippen molar-refractivity contribution in [3.63, 3.8) is 0 Å². The minimum Gasteiger partial charge on any atom is -0.341 e. The van der Waals surface area contributed by atoms with E-state index < -0.39 is 0 Å². The monoisotopic (exact) mass is 362 g/mol. The first-order valence-corrected chi connectivity index (χ1v) is 10.5. The first-order valence-electron chi connectivity index (χ1n) is 10.5. The van der Waals surface area contributed by atoms with E-state index in [9.17, 15) is 4.79 Å². The minimum atomic E-state index is 0.0132. The molecule has 0 saturated carbocycles. The molecule has 5 nitrogen and oxygen atoms in total. The topological polar surface area (TPSA) is 59.4 Å². The Hall–Kier alpha value is -1.12. The van der Waals surface area contributed by atoms with Gasteiger partial charge in [0.15, 0.2) is 0 Å². The van der Waals surface area contributed by atoms with Gasteiger partial charge in [0.2, 0.25) is 5.91 Å². The SMILES string of the molecule is CC(C)C[C@H]1CN([C@@H](CC(C)C)C(=O)N2CCC(CC#N)CC2)CCN1. The second-order valence-corrected chi connectivity index (χ2v) is 9.05. The number of hydrogen-bond donors (Lipinski definition) is 1. The van der Waals surface area contributed by atoms with Crippen molar-refractivity contribution in [1.29, 1.82) is 5.26 Å². The number of likely N-dealkylation sites (tertiary alicyclic amines) is 1. The average Bonchev–Trinajstić information content (AvgIpc) is 2.59. The summed E-state index contributed by atoms with van der Waals surface area (Å²) in [7, 11) is 0. The molecule has 26 heavy (non-hydrogen) atoms. The van der Waals surface area contributed by atoms with Gasteiger partial charge >= 0.3 is 0 Å². The molecule has 0 unspecified atom stereocenters. The molecule has 2 rings (SSSR count). The van der Waals surface area contributed by atoms with Crippen molar-refractivity contribution in [2.45, 2.75) is 71.9 Å². The molecule has 2 aliphatic heterocycles. The van der Waals surface area contributed by atoms with Crippen molar-refractivity contribution in [1.82, 2.24) is 15.1 Å². The van der Waals surface area contributed by atoms with E-state index in [4.69, 9.17) is 5.26 Å². The fraction of sp³-hybridized carbons (Fsp3) is 0.905. The fourth-order valence-corrected chi connectivity index (χ4v) is 4.41. The van der Waals surface area contributed by atoms with Crippen LogP contribution in [0.4, 0.5) is 0 Å². The minimum absolute atomic E-state index is 0.0132. The number of carbonyl (C=O) groups excluding carboxylic acids is 1. The van der Waals surface area contributed by atoms with Crippen LogP contribution < -0.4 is 5.32 Å². The van der Waals surface area contributed by atoms with Crippen LogP contribution in [0.1, 0.15) is 59.8 Å². The average molecular weight is 363 g/mol. The highest BCUT2D eigenvalue weighted by Gasteiger charge is 2.34. The van der Waals surface area contributed by atoms with Crippen LogP contribution in [0.15, 0.2) is 0 Å². The Bertz CT molecular complexity index is 477. The van der Waals surface area contributed by atoms with E-state index in [0.29, 0.717) is 36.1 Å². The number of nitrogens with one attached hydrogen (secondary N) is 1. The zero-order valence-electron chi connectivity index (χ0n) is 17.2. The maximum absolute atomic E-state index is 13.3. The first-order chi connectivity index (χ1) is 12.4. The molecular weight excluding hydrogens is 324 g/mol. The molecule has 5 heteroatoms. The molecule has 2 heterocycles. The van der Waals surface area contributed by atoms with Crippen LogP contribution in [0.3, 0.4) is 0 Å². The van der Waals surface area contributed by atoms with Crippen molar-refractivity contribution < 1.29 is 4.79 Å². The largest absolute Gasteiger partial charge is 0.341 e. The van der Waals surface area contributed by atoms with Gasteiger partial charge in [-0.25, -0.2) is 0 Å². The van der Waals surface area contributed by atoms with Gasteiger partial charge in [-0.1, -0.05) is 27.7 Å².